The van der Waals surface area contributed by atoms with Gasteiger partial charge in [0.25, 0.3) is 5.91 Å². The topological polar surface area (TPSA) is 123 Å². The van der Waals surface area contributed by atoms with Gasteiger partial charge in [0.15, 0.2) is 0 Å². The third kappa shape index (κ3) is 6.72. The van der Waals surface area contributed by atoms with E-state index in [0.29, 0.717) is 23.5 Å². The van der Waals surface area contributed by atoms with Crippen molar-refractivity contribution < 1.29 is 9.59 Å². The molecule has 0 bridgehead atoms. The van der Waals surface area contributed by atoms with Crippen LogP contribution in [-0.2, 0) is 5.54 Å². The van der Waals surface area contributed by atoms with Crippen LogP contribution in [0.2, 0.25) is 0 Å². The van der Waals surface area contributed by atoms with Gasteiger partial charge in [-0.15, -0.1) is 0 Å². The van der Waals surface area contributed by atoms with Gasteiger partial charge in [-0.05, 0) is 68.4 Å². The van der Waals surface area contributed by atoms with Crippen LogP contribution in [-0.4, -0.2) is 54.0 Å². The number of urea groups is 1. The summed E-state index contributed by atoms with van der Waals surface area (Å²) in [4.78, 5) is 35.7. The molecule has 1 aliphatic carbocycles. The van der Waals surface area contributed by atoms with E-state index in [4.69, 9.17) is 0 Å². The Labute approximate surface area is 223 Å². The maximum Gasteiger partial charge on any atom is 0.319 e. The highest BCUT2D eigenvalue weighted by Crippen LogP contribution is 2.36. The van der Waals surface area contributed by atoms with Crippen molar-refractivity contribution in [2.24, 2.45) is 0 Å². The lowest BCUT2D eigenvalue weighted by Gasteiger charge is -2.37. The van der Waals surface area contributed by atoms with Crippen LogP contribution in [0.15, 0.2) is 60.8 Å². The van der Waals surface area contributed by atoms with E-state index in [1.165, 1.54) is 0 Å². The number of hydrogen-bond acceptors (Lipinski definition) is 6. The summed E-state index contributed by atoms with van der Waals surface area (Å²) in [7, 11) is 3.93. The van der Waals surface area contributed by atoms with Gasteiger partial charge in [0.05, 0.1) is 11.2 Å². The van der Waals surface area contributed by atoms with Crippen molar-refractivity contribution in [3.05, 3.63) is 77.9 Å². The predicted molar refractivity (Wildman–Crippen MR) is 146 cm³/mol. The SMILES string of the molecule is CN(C)CCNC(=O)c1ccc(-c2ccc(NC(=O)NC3(c4ccnc(C#N)n4)CCCCC3)cc2)cc1. The Kier molecular flexibility index (Phi) is 8.66. The maximum atomic E-state index is 13.0. The highest BCUT2D eigenvalue weighted by Gasteiger charge is 2.37. The van der Waals surface area contributed by atoms with Crippen LogP contribution in [0.1, 0.15) is 54.0 Å². The zero-order valence-electron chi connectivity index (χ0n) is 21.8. The minimum Gasteiger partial charge on any atom is -0.351 e. The summed E-state index contributed by atoms with van der Waals surface area (Å²) < 4.78 is 0. The van der Waals surface area contributed by atoms with Crippen LogP contribution in [0.3, 0.4) is 0 Å². The molecule has 38 heavy (non-hydrogen) atoms. The quantitative estimate of drug-likeness (QED) is 0.415. The molecule has 1 saturated carbocycles. The van der Waals surface area contributed by atoms with Crippen molar-refractivity contribution in [2.45, 2.75) is 37.6 Å². The second-order valence-electron chi connectivity index (χ2n) is 9.81. The zero-order chi connectivity index (χ0) is 27.0. The monoisotopic (exact) mass is 511 g/mol. The Morgan fingerprint density at radius 2 is 1.63 bits per heavy atom. The molecule has 1 aromatic heterocycles. The third-order valence-corrected chi connectivity index (χ3v) is 6.77. The molecule has 0 atom stereocenters. The third-order valence-electron chi connectivity index (χ3n) is 6.77. The molecule has 196 valence electrons. The molecule has 1 heterocycles. The molecule has 0 radical (unpaired) electrons. The van der Waals surface area contributed by atoms with E-state index < -0.39 is 5.54 Å². The van der Waals surface area contributed by atoms with Crippen molar-refractivity contribution >= 4 is 17.6 Å². The normalized spacial score (nSPS) is 14.4. The molecule has 3 aromatic rings. The number of hydrogen-bond donors (Lipinski definition) is 3. The number of nitrogens with zero attached hydrogens (tertiary/aromatic N) is 4. The first kappa shape index (κ1) is 26.8. The standard InChI is InChI=1S/C29H33N7O2/c1-36(2)19-18-32-27(37)23-8-6-21(7-9-23)22-10-12-24(13-11-22)33-28(38)35-29(15-4-3-5-16-29)25-14-17-31-26(20-30)34-25/h6-14,17H,3-5,15-16,18-19H2,1-2H3,(H,32,37)(H2,33,35,38). The van der Waals surface area contributed by atoms with Gasteiger partial charge in [-0.3, -0.25) is 4.79 Å². The molecule has 9 nitrogen and oxygen atoms in total. The smallest absolute Gasteiger partial charge is 0.319 e. The predicted octanol–water partition coefficient (Wildman–Crippen LogP) is 4.29. The lowest BCUT2D eigenvalue weighted by atomic mass is 9.79. The lowest BCUT2D eigenvalue weighted by Crippen LogP contribution is -2.49. The minimum absolute atomic E-state index is 0.0921. The molecule has 1 fully saturated rings. The van der Waals surface area contributed by atoms with E-state index in [1.54, 1.807) is 12.3 Å². The number of aromatic nitrogens is 2. The molecule has 2 aromatic carbocycles. The summed E-state index contributed by atoms with van der Waals surface area (Å²) in [5.74, 6) is 0.00810. The van der Waals surface area contributed by atoms with Gasteiger partial charge in [-0.25, -0.2) is 14.8 Å². The van der Waals surface area contributed by atoms with E-state index in [-0.39, 0.29) is 17.8 Å². The number of anilines is 1. The van der Waals surface area contributed by atoms with Gasteiger partial charge in [-0.2, -0.15) is 5.26 Å². The highest BCUT2D eigenvalue weighted by molar-refractivity contribution is 5.94. The van der Waals surface area contributed by atoms with Crippen molar-refractivity contribution in [2.75, 3.05) is 32.5 Å². The van der Waals surface area contributed by atoms with Gasteiger partial charge in [0.2, 0.25) is 5.82 Å². The largest absolute Gasteiger partial charge is 0.351 e. The lowest BCUT2D eigenvalue weighted by molar-refractivity contribution is 0.0951. The van der Waals surface area contributed by atoms with E-state index in [0.717, 1.165) is 49.8 Å². The van der Waals surface area contributed by atoms with Crippen LogP contribution in [0, 0.1) is 11.3 Å². The van der Waals surface area contributed by atoms with Crippen molar-refractivity contribution in [3.8, 4) is 17.2 Å². The summed E-state index contributed by atoms with van der Waals surface area (Å²) in [6, 6.07) is 18.5. The molecular weight excluding hydrogens is 478 g/mol. The fourth-order valence-corrected chi connectivity index (χ4v) is 4.71. The molecule has 3 amide bonds. The fraction of sp³-hybridized carbons (Fsp3) is 0.345. The Morgan fingerprint density at radius 1 is 0.974 bits per heavy atom. The molecule has 4 rings (SSSR count). The van der Waals surface area contributed by atoms with Crippen LogP contribution >= 0.6 is 0 Å². The molecule has 1 aliphatic rings. The number of rotatable bonds is 8. The summed E-state index contributed by atoms with van der Waals surface area (Å²) in [6.07, 6.45) is 6.12. The van der Waals surface area contributed by atoms with Crippen molar-refractivity contribution in [1.29, 1.82) is 5.26 Å². The summed E-state index contributed by atoms with van der Waals surface area (Å²) in [5.41, 5.74) is 3.27. The van der Waals surface area contributed by atoms with Crippen LogP contribution < -0.4 is 16.0 Å². The fourth-order valence-electron chi connectivity index (χ4n) is 4.71. The Bertz CT molecular complexity index is 1290. The Morgan fingerprint density at radius 3 is 2.26 bits per heavy atom. The van der Waals surface area contributed by atoms with E-state index in [9.17, 15) is 14.9 Å². The van der Waals surface area contributed by atoms with E-state index in [2.05, 4.69) is 25.9 Å². The number of carbonyl (C=O) groups excluding carboxylic acids is 2. The summed E-state index contributed by atoms with van der Waals surface area (Å²) in [6.45, 7) is 1.38. The Balaban J connectivity index is 1.39. The van der Waals surface area contributed by atoms with Crippen molar-refractivity contribution in [1.82, 2.24) is 25.5 Å². The summed E-state index contributed by atoms with van der Waals surface area (Å²) in [5, 5.41) is 18.2. The average molecular weight is 512 g/mol. The number of likely N-dealkylation sites (N-methyl/N-ethyl adjacent to an activating group) is 1. The molecule has 3 N–H and O–H groups in total. The number of benzene rings is 2. The Hall–Kier alpha value is -4.29. The maximum absolute atomic E-state index is 13.0. The number of amides is 3. The van der Waals surface area contributed by atoms with E-state index in [1.807, 2.05) is 73.6 Å². The molecule has 0 spiro atoms. The number of nitrogens with one attached hydrogen (secondary N) is 3. The highest BCUT2D eigenvalue weighted by atomic mass is 16.2. The molecular formula is C29H33N7O2. The van der Waals surface area contributed by atoms with Crippen LogP contribution in [0.5, 0.6) is 0 Å². The summed E-state index contributed by atoms with van der Waals surface area (Å²) >= 11 is 0. The molecule has 0 aliphatic heterocycles. The van der Waals surface area contributed by atoms with Crippen LogP contribution in [0.4, 0.5) is 10.5 Å². The second kappa shape index (κ2) is 12.3. The van der Waals surface area contributed by atoms with Gasteiger partial charge in [0, 0.05) is 30.5 Å². The van der Waals surface area contributed by atoms with Gasteiger partial charge < -0.3 is 20.9 Å². The first-order chi connectivity index (χ1) is 18.4. The minimum atomic E-state index is -0.628. The molecule has 9 heteroatoms. The first-order valence-corrected chi connectivity index (χ1v) is 12.8. The first-order valence-electron chi connectivity index (χ1n) is 12.8. The number of nitriles is 1. The van der Waals surface area contributed by atoms with Crippen molar-refractivity contribution in [3.63, 3.8) is 0 Å². The second-order valence-corrected chi connectivity index (χ2v) is 9.81. The van der Waals surface area contributed by atoms with Gasteiger partial charge in [0.1, 0.15) is 6.07 Å². The number of carbonyl (C=O) groups is 2. The molecule has 0 saturated heterocycles. The van der Waals surface area contributed by atoms with Gasteiger partial charge >= 0.3 is 6.03 Å². The molecule has 0 unspecified atom stereocenters. The van der Waals surface area contributed by atoms with E-state index >= 15 is 0 Å². The van der Waals surface area contributed by atoms with Gasteiger partial charge in [-0.1, -0.05) is 43.5 Å². The van der Waals surface area contributed by atoms with Crippen LogP contribution in [0.25, 0.3) is 11.1 Å². The average Bonchev–Trinajstić information content (AvgIpc) is 2.94. The zero-order valence-corrected chi connectivity index (χ0v) is 21.8.